The van der Waals surface area contributed by atoms with E-state index in [1.807, 2.05) is 151 Å². The number of carbonyl (C=O) groups excluding carboxylic acids is 6. The lowest BCUT2D eigenvalue weighted by atomic mass is 10.2. The van der Waals surface area contributed by atoms with Crippen molar-refractivity contribution in [2.45, 2.75) is 217 Å². The van der Waals surface area contributed by atoms with Crippen LogP contribution in [0.25, 0.3) is 0 Å². The molecule has 25 nitrogen and oxygen atoms in total. The molecule has 114 heavy (non-hydrogen) atoms. The van der Waals surface area contributed by atoms with E-state index in [2.05, 4.69) is 54.1 Å². The smallest absolute Gasteiger partial charge is 0.446 e. The second-order valence-electron chi connectivity index (χ2n) is 26.7. The summed E-state index contributed by atoms with van der Waals surface area (Å²) in [6, 6.07) is 26.5. The topological polar surface area (TPSA) is 315 Å². The zero-order valence-corrected chi connectivity index (χ0v) is 73.1. The van der Waals surface area contributed by atoms with Gasteiger partial charge in [0.05, 0.1) is 65.6 Å². The van der Waals surface area contributed by atoms with Crippen LogP contribution in [-0.4, -0.2) is 260 Å². The Morgan fingerprint density at radius 1 is 0.456 bits per heavy atom. The van der Waals surface area contributed by atoms with Crippen molar-refractivity contribution in [2.75, 3.05) is 151 Å². The van der Waals surface area contributed by atoms with E-state index in [9.17, 15) is 45.6 Å². The van der Waals surface area contributed by atoms with Gasteiger partial charge in [0.15, 0.2) is 5.78 Å². The molecule has 660 valence electrons. The summed E-state index contributed by atoms with van der Waals surface area (Å²) in [6.45, 7) is 42.1. The Bertz CT molecular complexity index is 2710. The number of aldehydes is 1. The minimum Gasteiger partial charge on any atom is -0.459 e. The highest BCUT2D eigenvalue weighted by atomic mass is 79.9. The highest BCUT2D eigenvalue weighted by Gasteiger charge is 2.25. The zero-order valence-electron chi connectivity index (χ0n) is 71.0. The molecular formula is C79H137B3BrClF4O25S. The van der Waals surface area contributed by atoms with Gasteiger partial charge in [0.1, 0.15) is 54.2 Å². The second-order valence-corrected chi connectivity index (χ2v) is 29.8. The minimum atomic E-state index is -4.64. The molecule has 0 aliphatic carbocycles. The Labute approximate surface area is 698 Å². The first kappa shape index (κ1) is 125. The highest BCUT2D eigenvalue weighted by molar-refractivity contribution is 9.09. The largest absolute Gasteiger partial charge is 0.459 e. The molecule has 0 aromatic heterocycles. The Hall–Kier alpha value is -5.01. The van der Waals surface area contributed by atoms with Crippen LogP contribution in [0.5, 0.6) is 0 Å². The summed E-state index contributed by atoms with van der Waals surface area (Å²) >= 11 is 2.99. The number of aryl methyl sites for hydroxylation is 1. The number of hydrogen-bond donors (Lipinski definition) is 2. The van der Waals surface area contributed by atoms with Crippen LogP contribution in [0.15, 0.2) is 89.8 Å². The number of benzene rings is 3. The maximum atomic E-state index is 11.4. The van der Waals surface area contributed by atoms with Gasteiger partial charge in [-0.05, 0) is 166 Å². The van der Waals surface area contributed by atoms with Crippen molar-refractivity contribution in [1.82, 2.24) is 0 Å². The number of esters is 4. The van der Waals surface area contributed by atoms with Crippen LogP contribution in [0.1, 0.15) is 173 Å². The predicted octanol–water partition coefficient (Wildman–Crippen LogP) is 13.5. The summed E-state index contributed by atoms with van der Waals surface area (Å²) in [4.78, 5) is 63.6. The number of Topliss-reactive ketones (excluding diaryl/α,β-unsaturated/α-hetero) is 1. The molecule has 35 heteroatoms. The van der Waals surface area contributed by atoms with Crippen molar-refractivity contribution < 1.29 is 136 Å². The summed E-state index contributed by atoms with van der Waals surface area (Å²) in [5.41, 5.74) is 1.61. The monoisotopic (exact) mass is 1740 g/mol. The minimum absolute atomic E-state index is 0. The molecule has 3 rings (SSSR count). The van der Waals surface area contributed by atoms with E-state index in [1.54, 1.807) is 12.1 Å². The molecule has 0 saturated heterocycles. The van der Waals surface area contributed by atoms with Crippen LogP contribution in [-0.2, 0) is 122 Å². The molecular weight excluding hydrogens is 1600 g/mol. The third kappa shape index (κ3) is 118. The number of rotatable bonds is 45. The summed E-state index contributed by atoms with van der Waals surface area (Å²) in [7, 11) is 12.8. The Morgan fingerprint density at radius 2 is 0.728 bits per heavy atom. The molecule has 6 radical (unpaired) electrons. The van der Waals surface area contributed by atoms with Crippen molar-refractivity contribution in [3.05, 3.63) is 102 Å². The molecule has 3 aromatic rings. The Morgan fingerprint density at radius 3 is 0.982 bits per heavy atom. The quantitative estimate of drug-likeness (QED) is 0.00776. The fraction of sp³-hybridized carbons (Fsp3) is 0.696. The van der Waals surface area contributed by atoms with Gasteiger partial charge in [0, 0.05) is 98.3 Å². The third-order valence-corrected chi connectivity index (χ3v) is 12.7. The molecule has 0 fully saturated rings. The van der Waals surface area contributed by atoms with Crippen molar-refractivity contribution in [3.8, 4) is 0 Å². The lowest BCUT2D eigenvalue weighted by Gasteiger charge is -2.19. The van der Waals surface area contributed by atoms with Crippen molar-refractivity contribution in [3.63, 3.8) is 0 Å². The van der Waals surface area contributed by atoms with Gasteiger partial charge in [0.25, 0.3) is 9.05 Å². The van der Waals surface area contributed by atoms with E-state index in [-0.39, 0.29) is 92.6 Å². The first-order chi connectivity index (χ1) is 53.6. The van der Waals surface area contributed by atoms with Gasteiger partial charge in [-0.1, -0.05) is 122 Å². The van der Waals surface area contributed by atoms with Crippen molar-refractivity contribution in [1.29, 1.82) is 1.34 Å². The third-order valence-electron chi connectivity index (χ3n) is 10.8. The van der Waals surface area contributed by atoms with Crippen molar-refractivity contribution >= 4 is 96.0 Å². The van der Waals surface area contributed by atoms with Gasteiger partial charge in [-0.25, -0.2) is 22.8 Å². The van der Waals surface area contributed by atoms with E-state index >= 15 is 0 Å². The number of hydrogen-bond acceptors (Lipinski definition) is 25. The Balaban J connectivity index is -0.000000161. The number of ketones is 1. The van der Waals surface area contributed by atoms with E-state index in [0.29, 0.717) is 112 Å². The molecule has 2 N–H and O–H groups in total. The van der Waals surface area contributed by atoms with E-state index in [1.165, 1.54) is 31.4 Å². The predicted molar refractivity (Wildman–Crippen MR) is 444 cm³/mol. The average Bonchev–Trinajstić information content (AvgIpc) is 0.865. The van der Waals surface area contributed by atoms with Crippen LogP contribution >= 0.6 is 26.6 Å². The maximum absolute atomic E-state index is 11.4. The fourth-order valence-corrected chi connectivity index (χ4v) is 7.60. The molecule has 3 aromatic carbocycles. The second kappa shape index (κ2) is 85.9. The SMILES string of the molecule is C.CC(C)(C)OC(=O)CBr.CC(C)(C)OC(=O)COCCCOCCO.CC(C)(C)OC(=O)COCCCOCCOCc1ccccc1.CCCOCCCOCC(=O)OC(C)(C)C.CCCOCCCOCC(C)=O.Cc1ccc(S(=O)(=O)Cl)cc1.O=CC(F)(F)F.OCCCOCCOCc1ccccc1.[2H][B].[B]C.[B]F. The standard InChI is InChI=1S/C18H28O5.C12H24O4.C12H18O3.C11H22O5.C9H18O3.C7H7ClO2S.C6H11BrO2.C2HF3O.CH3B.CH4.BF.BH/c1-18(2,3)23-17(19)15-21-11-7-10-20-12-13-22-14-16-8-5-4-6-9-16;1-5-7-14-8-6-9-15-10-11(13)16-12(2,3)4;13-7-4-8-14-9-10-15-11-12-5-2-1-3-6-12;1-11(2,3)16-10(13)9-15-7-4-6-14-8-5-12;1-3-5-11-6-4-7-12-8-9(2)10;1-6-2-4-7(5-3-6)11(8,9)10;1-6(2,3)9-5(8)4-7;3-2(4,5)1-6;1-2;;1-2;/h4-6,8-9H,7,10-15H2,1-3H3;5-10H2,1-4H3;1-3,5-6,13H,4,7-11H2;12H,4-9H2,1-3H3;3-8H2,1-2H3;2-5H,1H3;4H2,1-3H3;1H;1H3;1H4;;1H/i;;;;;;;;;;;1D. The normalized spacial score (nSPS) is 10.7. The van der Waals surface area contributed by atoms with Gasteiger partial charge >= 0.3 is 38.2 Å². The number of alkyl halides is 4. The number of ether oxygens (including phenoxy) is 15. The molecule has 0 bridgehead atoms. The first-order valence-electron chi connectivity index (χ1n) is 37.1. The number of halogens is 6. The molecule has 0 spiro atoms. The van der Waals surface area contributed by atoms with Crippen LogP contribution in [0, 0.1) is 6.92 Å². The van der Waals surface area contributed by atoms with Gasteiger partial charge in [-0.15, -0.1) is 0 Å². The molecule has 0 saturated carbocycles. The number of carbonyl (C=O) groups is 6. The zero-order chi connectivity index (χ0) is 89.0. The highest BCUT2D eigenvalue weighted by Crippen LogP contribution is 2.15. The Kier molecular flexibility index (Phi) is 93.9. The van der Waals surface area contributed by atoms with Crippen molar-refractivity contribution in [2.24, 2.45) is 0 Å². The van der Waals surface area contributed by atoms with Crippen LogP contribution in [0.2, 0.25) is 6.82 Å². The van der Waals surface area contributed by atoms with E-state index in [4.69, 9.17) is 102 Å². The maximum Gasteiger partial charge on any atom is 0.446 e. The van der Waals surface area contributed by atoms with Crippen LogP contribution in [0.4, 0.5) is 17.5 Å². The molecule has 0 heterocycles. The average molecular weight is 1740 g/mol. The van der Waals surface area contributed by atoms with Crippen LogP contribution < -0.4 is 0 Å². The number of aliphatic hydroxyl groups excluding tert-OH is 2. The lowest BCUT2D eigenvalue weighted by molar-refractivity contribution is -0.161. The first-order valence-corrected chi connectivity index (χ1v) is 39.9. The fourth-order valence-electron chi connectivity index (χ4n) is 6.71. The summed E-state index contributed by atoms with van der Waals surface area (Å²) in [5.74, 6) is -1.16. The van der Waals surface area contributed by atoms with Gasteiger partial charge < -0.3 is 85.6 Å². The summed E-state index contributed by atoms with van der Waals surface area (Å²) < 4.78 is 145. The number of aliphatic hydroxyl groups is 2. The molecule has 0 atom stereocenters. The van der Waals surface area contributed by atoms with E-state index in [0.717, 1.165) is 63.1 Å². The lowest BCUT2D eigenvalue weighted by Crippen LogP contribution is -2.26. The molecule has 0 unspecified atom stereocenters. The molecule has 0 aliphatic rings. The summed E-state index contributed by atoms with van der Waals surface area (Å²) in [5, 5.41) is 17.2. The molecule has 0 aliphatic heterocycles. The van der Waals surface area contributed by atoms with Gasteiger partial charge in [-0.2, -0.15) is 13.2 Å². The van der Waals surface area contributed by atoms with Gasteiger partial charge in [0.2, 0.25) is 6.29 Å². The van der Waals surface area contributed by atoms with Crippen LogP contribution in [0.3, 0.4) is 0 Å². The summed E-state index contributed by atoms with van der Waals surface area (Å²) in [6.07, 6.45) is 0.180. The van der Waals surface area contributed by atoms with Gasteiger partial charge in [-0.3, -0.25) is 14.4 Å². The van der Waals surface area contributed by atoms with E-state index < -0.39 is 38.3 Å². The molecule has 0 amide bonds.